The van der Waals surface area contributed by atoms with Gasteiger partial charge in [-0.3, -0.25) is 0 Å². The Morgan fingerprint density at radius 2 is 2.06 bits per heavy atom. The lowest BCUT2D eigenvalue weighted by Crippen LogP contribution is -2.35. The summed E-state index contributed by atoms with van der Waals surface area (Å²) in [5.41, 5.74) is 0.858. The fourth-order valence-corrected chi connectivity index (χ4v) is 3.67. The summed E-state index contributed by atoms with van der Waals surface area (Å²) < 4.78 is 1.63. The highest BCUT2D eigenvalue weighted by Crippen LogP contribution is 2.31. The van der Waals surface area contributed by atoms with Gasteiger partial charge in [0, 0.05) is 22.6 Å². The molecular formula is C13H17Br2NO2. The van der Waals surface area contributed by atoms with Crippen LogP contribution in [0.15, 0.2) is 21.1 Å². The second-order valence-corrected chi connectivity index (χ2v) is 6.56. The van der Waals surface area contributed by atoms with Crippen molar-refractivity contribution in [3.63, 3.8) is 0 Å². The summed E-state index contributed by atoms with van der Waals surface area (Å²) in [7, 11) is 0. The molecule has 18 heavy (non-hydrogen) atoms. The van der Waals surface area contributed by atoms with Crippen molar-refractivity contribution in [1.29, 1.82) is 0 Å². The number of phenolic OH excluding ortho intramolecular Hbond substituents is 1. The number of hydrogen-bond donors (Lipinski definition) is 3. The minimum atomic E-state index is -0.181. The SMILES string of the molecule is Oc1c(Br)cc(Br)cc1CNC1CCCC(O)C1. The lowest BCUT2D eigenvalue weighted by molar-refractivity contribution is 0.111. The molecule has 1 aliphatic rings. The molecule has 1 aromatic carbocycles. The fraction of sp³-hybridized carbons (Fsp3) is 0.538. The van der Waals surface area contributed by atoms with E-state index in [-0.39, 0.29) is 11.9 Å². The summed E-state index contributed by atoms with van der Waals surface area (Å²) in [6, 6.07) is 4.07. The summed E-state index contributed by atoms with van der Waals surface area (Å²) in [6.45, 7) is 0.612. The van der Waals surface area contributed by atoms with Crippen molar-refractivity contribution in [2.24, 2.45) is 0 Å². The van der Waals surface area contributed by atoms with Crippen molar-refractivity contribution in [2.75, 3.05) is 0 Å². The van der Waals surface area contributed by atoms with Gasteiger partial charge < -0.3 is 15.5 Å². The first-order valence-corrected chi connectivity index (χ1v) is 7.73. The van der Waals surface area contributed by atoms with Crippen LogP contribution in [-0.2, 0) is 6.54 Å². The van der Waals surface area contributed by atoms with E-state index in [0.717, 1.165) is 35.7 Å². The maximum atomic E-state index is 9.95. The van der Waals surface area contributed by atoms with Gasteiger partial charge in [-0.2, -0.15) is 0 Å². The van der Waals surface area contributed by atoms with Crippen LogP contribution in [0.2, 0.25) is 0 Å². The number of aliphatic hydroxyl groups is 1. The molecular weight excluding hydrogens is 362 g/mol. The maximum absolute atomic E-state index is 9.95. The van der Waals surface area contributed by atoms with E-state index in [4.69, 9.17) is 0 Å². The number of rotatable bonds is 3. The standard InChI is InChI=1S/C13H17Br2NO2/c14-9-4-8(13(18)12(15)5-9)7-16-10-2-1-3-11(17)6-10/h4-5,10-11,16-18H,1-3,6-7H2. The summed E-state index contributed by atoms with van der Waals surface area (Å²) in [5, 5.41) is 23.0. The number of halogens is 2. The molecule has 0 heterocycles. The Labute approximate surface area is 124 Å². The van der Waals surface area contributed by atoms with Crippen LogP contribution in [0.4, 0.5) is 0 Å². The molecule has 0 aromatic heterocycles. The molecule has 1 aliphatic carbocycles. The zero-order chi connectivity index (χ0) is 13.1. The molecule has 0 amide bonds. The fourth-order valence-electron chi connectivity index (χ4n) is 2.36. The Kier molecular flexibility index (Phi) is 5.06. The van der Waals surface area contributed by atoms with Gasteiger partial charge in [-0.05, 0) is 53.7 Å². The molecule has 2 rings (SSSR count). The van der Waals surface area contributed by atoms with Crippen molar-refractivity contribution in [3.8, 4) is 5.75 Å². The van der Waals surface area contributed by atoms with Crippen molar-refractivity contribution in [2.45, 2.75) is 44.4 Å². The van der Waals surface area contributed by atoms with Crippen molar-refractivity contribution in [1.82, 2.24) is 5.32 Å². The number of benzene rings is 1. The van der Waals surface area contributed by atoms with Gasteiger partial charge in [-0.25, -0.2) is 0 Å². The smallest absolute Gasteiger partial charge is 0.134 e. The molecule has 5 heteroatoms. The van der Waals surface area contributed by atoms with Crippen LogP contribution in [0, 0.1) is 0 Å². The maximum Gasteiger partial charge on any atom is 0.134 e. The van der Waals surface area contributed by atoms with Crippen LogP contribution in [0.3, 0.4) is 0 Å². The second kappa shape index (κ2) is 6.37. The quantitative estimate of drug-likeness (QED) is 0.756. The number of aliphatic hydroxyl groups excluding tert-OH is 1. The molecule has 1 fully saturated rings. The predicted molar refractivity (Wildman–Crippen MR) is 78.6 cm³/mol. The lowest BCUT2D eigenvalue weighted by Gasteiger charge is -2.27. The number of aromatic hydroxyl groups is 1. The van der Waals surface area contributed by atoms with Gasteiger partial charge in [0.05, 0.1) is 10.6 Å². The van der Waals surface area contributed by atoms with E-state index in [0.29, 0.717) is 17.1 Å². The Morgan fingerprint density at radius 1 is 1.28 bits per heavy atom. The van der Waals surface area contributed by atoms with E-state index < -0.39 is 0 Å². The van der Waals surface area contributed by atoms with E-state index >= 15 is 0 Å². The number of nitrogens with one attached hydrogen (secondary N) is 1. The van der Waals surface area contributed by atoms with E-state index in [1.165, 1.54) is 0 Å². The van der Waals surface area contributed by atoms with Gasteiger partial charge in [0.2, 0.25) is 0 Å². The summed E-state index contributed by atoms with van der Waals surface area (Å²) in [6.07, 6.45) is 3.68. The van der Waals surface area contributed by atoms with Crippen LogP contribution in [-0.4, -0.2) is 22.4 Å². The molecule has 100 valence electrons. The van der Waals surface area contributed by atoms with Crippen molar-refractivity contribution >= 4 is 31.9 Å². The highest BCUT2D eigenvalue weighted by Gasteiger charge is 2.20. The minimum absolute atomic E-state index is 0.181. The van der Waals surface area contributed by atoms with E-state index in [1.807, 2.05) is 12.1 Å². The molecule has 0 radical (unpaired) electrons. The Morgan fingerprint density at radius 3 is 2.78 bits per heavy atom. The molecule has 0 spiro atoms. The zero-order valence-electron chi connectivity index (χ0n) is 10.00. The number of hydrogen-bond acceptors (Lipinski definition) is 3. The highest BCUT2D eigenvalue weighted by atomic mass is 79.9. The van der Waals surface area contributed by atoms with Crippen LogP contribution in [0.25, 0.3) is 0 Å². The molecule has 3 nitrogen and oxygen atoms in total. The lowest BCUT2D eigenvalue weighted by atomic mass is 9.93. The third-order valence-electron chi connectivity index (χ3n) is 3.33. The molecule has 1 aromatic rings. The normalized spacial score (nSPS) is 24.2. The summed E-state index contributed by atoms with van der Waals surface area (Å²) in [4.78, 5) is 0. The van der Waals surface area contributed by atoms with Gasteiger partial charge in [0.1, 0.15) is 5.75 Å². The van der Waals surface area contributed by atoms with E-state index in [9.17, 15) is 10.2 Å². The first-order chi connectivity index (χ1) is 8.56. The summed E-state index contributed by atoms with van der Waals surface area (Å²) in [5.74, 6) is 0.280. The van der Waals surface area contributed by atoms with Gasteiger partial charge >= 0.3 is 0 Å². The third-order valence-corrected chi connectivity index (χ3v) is 4.40. The number of phenols is 1. The topological polar surface area (TPSA) is 52.5 Å². The van der Waals surface area contributed by atoms with Gasteiger partial charge in [0.25, 0.3) is 0 Å². The summed E-state index contributed by atoms with van der Waals surface area (Å²) >= 11 is 6.74. The van der Waals surface area contributed by atoms with E-state index in [1.54, 1.807) is 0 Å². The largest absolute Gasteiger partial charge is 0.506 e. The first kappa shape index (κ1) is 14.3. The Balaban J connectivity index is 1.97. The molecule has 3 N–H and O–H groups in total. The Hall–Kier alpha value is -0.100. The molecule has 1 saturated carbocycles. The van der Waals surface area contributed by atoms with Gasteiger partial charge in [-0.15, -0.1) is 0 Å². The van der Waals surface area contributed by atoms with Crippen LogP contribution in [0.5, 0.6) is 5.75 Å². The van der Waals surface area contributed by atoms with Crippen LogP contribution in [0.1, 0.15) is 31.2 Å². The third kappa shape index (κ3) is 3.70. The molecule has 0 aliphatic heterocycles. The molecule has 2 atom stereocenters. The van der Waals surface area contributed by atoms with Crippen LogP contribution >= 0.6 is 31.9 Å². The zero-order valence-corrected chi connectivity index (χ0v) is 13.2. The first-order valence-electron chi connectivity index (χ1n) is 6.14. The highest BCUT2D eigenvalue weighted by molar-refractivity contribution is 9.11. The molecule has 0 bridgehead atoms. The van der Waals surface area contributed by atoms with Gasteiger partial charge in [-0.1, -0.05) is 15.9 Å². The monoisotopic (exact) mass is 377 g/mol. The minimum Gasteiger partial charge on any atom is -0.506 e. The Bertz CT molecular complexity index is 426. The van der Waals surface area contributed by atoms with Crippen molar-refractivity contribution in [3.05, 3.63) is 26.6 Å². The average molecular weight is 379 g/mol. The molecule has 0 saturated heterocycles. The van der Waals surface area contributed by atoms with E-state index in [2.05, 4.69) is 37.2 Å². The van der Waals surface area contributed by atoms with Crippen molar-refractivity contribution < 1.29 is 10.2 Å². The second-order valence-electron chi connectivity index (χ2n) is 4.79. The average Bonchev–Trinajstić information content (AvgIpc) is 2.32. The molecule has 2 unspecified atom stereocenters. The van der Waals surface area contributed by atoms with Crippen LogP contribution < -0.4 is 5.32 Å². The van der Waals surface area contributed by atoms with Gasteiger partial charge in [0.15, 0.2) is 0 Å². The predicted octanol–water partition coefficient (Wildman–Crippen LogP) is 3.31.